The molecule has 2 amide bonds. The van der Waals surface area contributed by atoms with E-state index in [1.165, 1.54) is 23.6 Å². The van der Waals surface area contributed by atoms with E-state index >= 15 is 0 Å². The fourth-order valence-corrected chi connectivity index (χ4v) is 5.19. The molecule has 2 aliphatic rings. The van der Waals surface area contributed by atoms with Gasteiger partial charge in [-0.1, -0.05) is 0 Å². The lowest BCUT2D eigenvalue weighted by Crippen LogP contribution is -2.66. The predicted molar refractivity (Wildman–Crippen MR) is 102 cm³/mol. The third-order valence-electron chi connectivity index (χ3n) is 4.99. The minimum Gasteiger partial charge on any atom is -0.391 e. The normalized spacial score (nSPS) is 38.3. The van der Waals surface area contributed by atoms with E-state index in [9.17, 15) is 30.0 Å². The molecule has 1 unspecified atom stereocenters. The summed E-state index contributed by atoms with van der Waals surface area (Å²) < 4.78 is 5.65. The molecule has 2 saturated heterocycles. The highest BCUT2D eigenvalue weighted by Crippen LogP contribution is 2.38. The van der Waals surface area contributed by atoms with E-state index in [2.05, 4.69) is 5.32 Å². The largest absolute Gasteiger partial charge is 0.391 e. The Labute approximate surface area is 166 Å². The van der Waals surface area contributed by atoms with Crippen LogP contribution >= 0.6 is 23.5 Å². The van der Waals surface area contributed by atoms with E-state index in [-0.39, 0.29) is 0 Å². The van der Waals surface area contributed by atoms with Crippen molar-refractivity contribution in [2.45, 2.75) is 73.7 Å². The van der Waals surface area contributed by atoms with Gasteiger partial charge in [0, 0.05) is 5.75 Å². The van der Waals surface area contributed by atoms with Crippen molar-refractivity contribution in [2.24, 2.45) is 0 Å². The predicted octanol–water partition coefficient (Wildman–Crippen LogP) is -1.67. The van der Waals surface area contributed by atoms with E-state index in [1.54, 1.807) is 6.26 Å². The van der Waals surface area contributed by atoms with Gasteiger partial charge in [-0.2, -0.15) is 0 Å². The van der Waals surface area contributed by atoms with Crippen LogP contribution in [0.1, 0.15) is 20.8 Å². The molecule has 0 spiro atoms. The van der Waals surface area contributed by atoms with Crippen LogP contribution in [-0.2, 0) is 14.3 Å². The standard InChI is InChI=1S/C16H28N2O7S2/c1-7(20)9(13-11(22)10(21)12(23)15(25-13)26-4)17-14(24)8-5-27-16(2,3)18(8)6-19/h6-13,15,20-23H,5H2,1-4H3,(H,17,24)/t7-,8?,9-,10+,11-,12-,13-,15-/m1/s1. The molecule has 156 valence electrons. The Morgan fingerprint density at radius 2 is 1.96 bits per heavy atom. The number of rotatable bonds is 6. The van der Waals surface area contributed by atoms with E-state index in [4.69, 9.17) is 4.74 Å². The average molecular weight is 425 g/mol. The van der Waals surface area contributed by atoms with Gasteiger partial charge < -0.3 is 35.4 Å². The molecule has 0 aliphatic carbocycles. The lowest BCUT2D eigenvalue weighted by molar-refractivity contribution is -0.211. The molecule has 0 aromatic heterocycles. The highest BCUT2D eigenvalue weighted by atomic mass is 32.2. The first kappa shape index (κ1) is 22.7. The van der Waals surface area contributed by atoms with Gasteiger partial charge in [-0.3, -0.25) is 9.59 Å². The SMILES string of the molecule is CS[C@H]1O[C@H]([C@H](NC(=O)C2CSC(C)(C)N2C=O)[C@@H](C)O)[C@H](O)[C@H](O)[C@H]1O. The van der Waals surface area contributed by atoms with Crippen molar-refractivity contribution in [1.29, 1.82) is 0 Å². The second-order valence-corrected chi connectivity index (χ2v) is 9.79. The van der Waals surface area contributed by atoms with Gasteiger partial charge >= 0.3 is 0 Å². The third-order valence-corrected chi connectivity index (χ3v) is 7.24. The third kappa shape index (κ3) is 4.55. The number of carbonyl (C=O) groups excluding carboxylic acids is 2. The number of aliphatic hydroxyl groups excluding tert-OH is 4. The molecule has 2 rings (SSSR count). The zero-order chi connectivity index (χ0) is 20.5. The summed E-state index contributed by atoms with van der Waals surface area (Å²) in [5.41, 5.74) is -0.820. The first-order chi connectivity index (χ1) is 12.5. The summed E-state index contributed by atoms with van der Waals surface area (Å²) in [7, 11) is 0. The Morgan fingerprint density at radius 1 is 1.33 bits per heavy atom. The van der Waals surface area contributed by atoms with Crippen LogP contribution in [0.25, 0.3) is 0 Å². The fraction of sp³-hybridized carbons (Fsp3) is 0.875. The molecular weight excluding hydrogens is 396 g/mol. The maximum atomic E-state index is 12.8. The number of hydrogen-bond acceptors (Lipinski definition) is 9. The summed E-state index contributed by atoms with van der Waals surface area (Å²) >= 11 is 2.60. The molecule has 0 radical (unpaired) electrons. The van der Waals surface area contributed by atoms with Gasteiger partial charge in [0.05, 0.1) is 17.0 Å². The van der Waals surface area contributed by atoms with Crippen LogP contribution in [0.15, 0.2) is 0 Å². The maximum Gasteiger partial charge on any atom is 0.244 e. The number of ether oxygens (including phenoxy) is 1. The molecule has 9 nitrogen and oxygen atoms in total. The Hall–Kier alpha value is -0.560. The molecule has 11 heteroatoms. The van der Waals surface area contributed by atoms with Crippen molar-refractivity contribution in [1.82, 2.24) is 10.2 Å². The minimum atomic E-state index is -1.50. The quantitative estimate of drug-likeness (QED) is 0.317. The van der Waals surface area contributed by atoms with Crippen LogP contribution in [0, 0.1) is 0 Å². The minimum absolute atomic E-state index is 0.396. The van der Waals surface area contributed by atoms with Crippen LogP contribution in [0.3, 0.4) is 0 Å². The molecule has 0 aromatic carbocycles. The highest BCUT2D eigenvalue weighted by molar-refractivity contribution is 8.00. The van der Waals surface area contributed by atoms with Gasteiger partial charge in [0.25, 0.3) is 0 Å². The van der Waals surface area contributed by atoms with Crippen molar-refractivity contribution < 1.29 is 34.8 Å². The Bertz CT molecular complexity index is 549. The molecule has 0 saturated carbocycles. The smallest absolute Gasteiger partial charge is 0.244 e. The van der Waals surface area contributed by atoms with Gasteiger partial charge in [-0.25, -0.2) is 0 Å². The molecule has 0 aromatic rings. The molecule has 2 fully saturated rings. The van der Waals surface area contributed by atoms with Crippen LogP contribution in [0.4, 0.5) is 0 Å². The van der Waals surface area contributed by atoms with Crippen molar-refractivity contribution in [3.63, 3.8) is 0 Å². The number of aliphatic hydroxyl groups is 4. The molecule has 0 bridgehead atoms. The second kappa shape index (κ2) is 8.85. The Kier molecular flexibility index (Phi) is 7.45. The van der Waals surface area contributed by atoms with Gasteiger partial charge in [-0.15, -0.1) is 23.5 Å². The summed E-state index contributed by atoms with van der Waals surface area (Å²) in [6.45, 7) is 5.10. The average Bonchev–Trinajstić information content (AvgIpc) is 2.92. The summed E-state index contributed by atoms with van der Waals surface area (Å²) in [5, 5.41) is 43.2. The molecule has 2 aliphatic heterocycles. The lowest BCUT2D eigenvalue weighted by Gasteiger charge is -2.44. The van der Waals surface area contributed by atoms with Crippen LogP contribution < -0.4 is 5.32 Å². The zero-order valence-corrected chi connectivity index (χ0v) is 17.3. The topological polar surface area (TPSA) is 140 Å². The zero-order valence-electron chi connectivity index (χ0n) is 15.7. The molecule has 27 heavy (non-hydrogen) atoms. The van der Waals surface area contributed by atoms with Crippen molar-refractivity contribution in [2.75, 3.05) is 12.0 Å². The number of hydrogen-bond donors (Lipinski definition) is 5. The van der Waals surface area contributed by atoms with Crippen molar-refractivity contribution >= 4 is 35.8 Å². The number of amides is 2. The fourth-order valence-electron chi connectivity index (χ4n) is 3.32. The van der Waals surface area contributed by atoms with Gasteiger partial charge in [-0.05, 0) is 27.0 Å². The highest BCUT2D eigenvalue weighted by Gasteiger charge is 2.49. The maximum absolute atomic E-state index is 12.8. The number of thioether (sulfide) groups is 2. The van der Waals surface area contributed by atoms with E-state index in [0.29, 0.717) is 12.2 Å². The number of nitrogens with one attached hydrogen (secondary N) is 1. The van der Waals surface area contributed by atoms with Crippen LogP contribution in [0.2, 0.25) is 0 Å². The first-order valence-electron chi connectivity index (χ1n) is 8.63. The Balaban J connectivity index is 2.18. The van der Waals surface area contributed by atoms with Crippen LogP contribution in [-0.4, -0.2) is 103 Å². The van der Waals surface area contributed by atoms with Crippen molar-refractivity contribution in [3.8, 4) is 0 Å². The lowest BCUT2D eigenvalue weighted by atomic mass is 9.92. The van der Waals surface area contributed by atoms with Crippen molar-refractivity contribution in [3.05, 3.63) is 0 Å². The second-order valence-electron chi connectivity index (χ2n) is 7.24. The monoisotopic (exact) mass is 424 g/mol. The van der Waals surface area contributed by atoms with E-state index in [1.807, 2.05) is 13.8 Å². The molecule has 8 atom stereocenters. The van der Waals surface area contributed by atoms with Gasteiger partial charge in [0.15, 0.2) is 0 Å². The van der Waals surface area contributed by atoms with E-state index < -0.39 is 58.8 Å². The summed E-state index contributed by atoms with van der Waals surface area (Å²) in [5.74, 6) is -0.0874. The van der Waals surface area contributed by atoms with Gasteiger partial charge in [0.1, 0.15) is 35.9 Å². The van der Waals surface area contributed by atoms with E-state index in [0.717, 1.165) is 11.8 Å². The summed E-state index contributed by atoms with van der Waals surface area (Å²) in [4.78, 5) is 25.1. The summed E-state index contributed by atoms with van der Waals surface area (Å²) in [6, 6.07) is -1.76. The Morgan fingerprint density at radius 3 is 2.48 bits per heavy atom. The summed E-state index contributed by atoms with van der Waals surface area (Å²) in [6.07, 6.45) is -4.22. The number of carbonyl (C=O) groups is 2. The first-order valence-corrected chi connectivity index (χ1v) is 10.9. The number of nitrogens with zero attached hydrogens (tertiary/aromatic N) is 1. The molecule has 2 heterocycles. The van der Waals surface area contributed by atoms with Gasteiger partial charge in [0.2, 0.25) is 12.3 Å². The molecule has 5 N–H and O–H groups in total. The molecular formula is C16H28N2O7S2. The van der Waals surface area contributed by atoms with Crippen LogP contribution in [0.5, 0.6) is 0 Å².